The Morgan fingerprint density at radius 1 is 0.857 bits per heavy atom. The van der Waals surface area contributed by atoms with Crippen molar-refractivity contribution in [1.29, 1.82) is 0 Å². The van der Waals surface area contributed by atoms with E-state index in [2.05, 4.69) is 65.9 Å². The first kappa shape index (κ1) is 23.3. The minimum absolute atomic E-state index is 0. The van der Waals surface area contributed by atoms with E-state index in [1.807, 2.05) is 55.6 Å². The predicted molar refractivity (Wildman–Crippen MR) is 138 cm³/mol. The Kier molecular flexibility index (Phi) is 5.73. The summed E-state index contributed by atoms with van der Waals surface area (Å²) in [6, 6.07) is 30.4. The van der Waals surface area contributed by atoms with Gasteiger partial charge in [0.05, 0.1) is 0 Å². The van der Waals surface area contributed by atoms with Gasteiger partial charge in [-0.05, 0) is 42.1 Å². The van der Waals surface area contributed by atoms with Crippen LogP contribution in [-0.4, -0.2) is 19.6 Å². The molecule has 5 heteroatoms. The Morgan fingerprint density at radius 3 is 2.43 bits per heavy atom. The number of para-hydroxylation sites is 1. The zero-order valence-corrected chi connectivity index (χ0v) is 22.0. The summed E-state index contributed by atoms with van der Waals surface area (Å²) in [5.41, 5.74) is 5.04. The monoisotopic (exact) mass is 637 g/mol. The molecule has 1 N–H and O–H groups in total. The average Bonchev–Trinajstić information content (AvgIpc) is 3.20. The van der Waals surface area contributed by atoms with E-state index >= 15 is 0 Å². The van der Waals surface area contributed by atoms with Crippen LogP contribution in [-0.2, 0) is 26.5 Å². The Hall–Kier alpha value is -3.49. The van der Waals surface area contributed by atoms with Crippen LogP contribution in [0.1, 0.15) is 30.7 Å². The molecule has 3 aromatic heterocycles. The number of fused-ring (bicyclic) bond motifs is 4. The van der Waals surface area contributed by atoms with Gasteiger partial charge in [-0.15, -0.1) is 10.9 Å². The summed E-state index contributed by atoms with van der Waals surface area (Å²) in [6.07, 6.45) is 1.82. The maximum absolute atomic E-state index is 10.6. The first-order valence-electron chi connectivity index (χ1n) is 11.4. The molecule has 0 saturated carbocycles. The van der Waals surface area contributed by atoms with E-state index in [4.69, 9.17) is 4.98 Å². The number of aromatic hydroxyl groups is 1. The molecule has 0 aliphatic carbocycles. The molecule has 176 valence electrons. The Morgan fingerprint density at radius 2 is 1.63 bits per heavy atom. The minimum atomic E-state index is -0.427. The Labute approximate surface area is 218 Å². The van der Waals surface area contributed by atoms with Crippen LogP contribution in [0.15, 0.2) is 85.1 Å². The van der Waals surface area contributed by atoms with Gasteiger partial charge in [-0.3, -0.25) is 0 Å². The van der Waals surface area contributed by atoms with Gasteiger partial charge in [0.15, 0.2) is 0 Å². The molecule has 0 aliphatic rings. The molecule has 0 amide bonds. The number of phenols is 1. The van der Waals surface area contributed by atoms with Crippen LogP contribution < -0.4 is 0 Å². The maximum atomic E-state index is 10.6. The van der Waals surface area contributed by atoms with Gasteiger partial charge < -0.3 is 9.67 Å². The van der Waals surface area contributed by atoms with E-state index in [0.717, 1.165) is 44.4 Å². The molecule has 3 heterocycles. The first-order chi connectivity index (χ1) is 16.4. The van der Waals surface area contributed by atoms with E-state index in [1.54, 1.807) is 0 Å². The topological polar surface area (TPSA) is 50.9 Å². The van der Waals surface area contributed by atoms with E-state index in [1.165, 1.54) is 5.39 Å². The molecule has 0 radical (unpaired) electrons. The molecule has 0 spiro atoms. The summed E-state index contributed by atoms with van der Waals surface area (Å²) in [7, 11) is 0. The number of hydrogen-bond acceptors (Lipinski definition) is 3. The number of pyridine rings is 2. The molecule has 6 aromatic rings. The predicted octanol–water partition coefficient (Wildman–Crippen LogP) is 6.86. The maximum Gasteiger partial charge on any atom is 0.144 e. The van der Waals surface area contributed by atoms with E-state index in [9.17, 15) is 5.11 Å². The average molecular weight is 638 g/mol. The van der Waals surface area contributed by atoms with Crippen LogP contribution in [0.25, 0.3) is 38.5 Å². The molecule has 4 nitrogen and oxygen atoms in total. The number of hydrogen-bond donors (Lipinski definition) is 1. The van der Waals surface area contributed by atoms with Gasteiger partial charge in [0, 0.05) is 49.3 Å². The fourth-order valence-electron chi connectivity index (χ4n) is 4.74. The van der Waals surface area contributed by atoms with Gasteiger partial charge in [0.2, 0.25) is 0 Å². The van der Waals surface area contributed by atoms with Crippen LogP contribution >= 0.6 is 0 Å². The molecule has 0 saturated heterocycles. The molecule has 3 aromatic carbocycles. The van der Waals surface area contributed by atoms with Crippen LogP contribution in [0.5, 0.6) is 5.75 Å². The van der Waals surface area contributed by atoms with Crippen molar-refractivity contribution in [3.8, 4) is 11.6 Å². The number of phenolic OH excluding ortho intramolecular Hbond substituents is 1. The molecule has 6 rings (SSSR count). The second-order valence-corrected chi connectivity index (χ2v) is 9.30. The van der Waals surface area contributed by atoms with Crippen molar-refractivity contribution in [2.24, 2.45) is 0 Å². The summed E-state index contributed by atoms with van der Waals surface area (Å²) in [4.78, 5) is 9.52. The van der Waals surface area contributed by atoms with E-state index in [-0.39, 0.29) is 26.8 Å². The van der Waals surface area contributed by atoms with Crippen molar-refractivity contribution in [2.45, 2.75) is 26.2 Å². The molecular weight excluding hydrogens is 613 g/mol. The summed E-state index contributed by atoms with van der Waals surface area (Å²) >= 11 is 0. The standard InChI is InChI=1S/C30H24N3O.Pt/c1-19-11-12-20-13-16-26(32-28(20)29(19)34)30(2,3)21-14-15-23-22-8-4-5-9-24(22)33(25(23)18-21)27-10-6-7-17-31-27;/h4-17,34H,1-3H3;/q-1;. The normalized spacial score (nSPS) is 11.7. The van der Waals surface area contributed by atoms with Crippen LogP contribution in [0, 0.1) is 13.0 Å². The zero-order valence-electron chi connectivity index (χ0n) is 19.7. The van der Waals surface area contributed by atoms with Crippen LogP contribution in [0.2, 0.25) is 0 Å². The van der Waals surface area contributed by atoms with Gasteiger partial charge in [-0.1, -0.05) is 61.8 Å². The SMILES string of the molecule is Cc1ccc2ccc(C(C)(C)c3[c-]c4c(cc3)c3ccccc3n4-c3ccccn3)nc2c1O.[Pt]. The van der Waals surface area contributed by atoms with Gasteiger partial charge >= 0.3 is 0 Å². The number of benzene rings is 3. The zero-order chi connectivity index (χ0) is 23.4. The largest absolute Gasteiger partial charge is 0.505 e. The summed E-state index contributed by atoms with van der Waals surface area (Å²) in [6.45, 7) is 6.20. The third-order valence-corrected chi connectivity index (χ3v) is 6.81. The van der Waals surface area contributed by atoms with Crippen molar-refractivity contribution < 1.29 is 26.2 Å². The summed E-state index contributed by atoms with van der Waals surface area (Å²) in [5.74, 6) is 1.11. The van der Waals surface area contributed by atoms with Crippen molar-refractivity contribution >= 4 is 32.7 Å². The number of aromatic nitrogens is 3. The number of rotatable bonds is 3. The van der Waals surface area contributed by atoms with Crippen molar-refractivity contribution in [3.63, 3.8) is 0 Å². The van der Waals surface area contributed by atoms with Gasteiger partial charge in [-0.25, -0.2) is 9.97 Å². The number of aryl methyl sites for hydroxylation is 1. The quantitative estimate of drug-likeness (QED) is 0.216. The third-order valence-electron chi connectivity index (χ3n) is 6.81. The summed E-state index contributed by atoms with van der Waals surface area (Å²) in [5, 5.41) is 13.9. The second kappa shape index (κ2) is 8.62. The molecule has 35 heavy (non-hydrogen) atoms. The van der Waals surface area contributed by atoms with Crippen molar-refractivity contribution in [3.05, 3.63) is 108 Å². The summed E-state index contributed by atoms with van der Waals surface area (Å²) < 4.78 is 2.17. The molecule has 0 unspecified atom stereocenters. The second-order valence-electron chi connectivity index (χ2n) is 9.30. The van der Waals surface area contributed by atoms with E-state index < -0.39 is 5.41 Å². The fraction of sp³-hybridized carbons (Fsp3) is 0.133. The molecular formula is C30H24N3OPt-. The Bertz CT molecular complexity index is 1700. The molecule has 0 bridgehead atoms. The van der Waals surface area contributed by atoms with Crippen molar-refractivity contribution in [2.75, 3.05) is 0 Å². The van der Waals surface area contributed by atoms with Crippen LogP contribution in [0.4, 0.5) is 0 Å². The molecule has 0 aliphatic heterocycles. The minimum Gasteiger partial charge on any atom is -0.505 e. The van der Waals surface area contributed by atoms with Gasteiger partial charge in [-0.2, -0.15) is 18.2 Å². The molecule has 0 atom stereocenters. The smallest absolute Gasteiger partial charge is 0.144 e. The van der Waals surface area contributed by atoms with E-state index in [0.29, 0.717) is 5.52 Å². The molecule has 0 fully saturated rings. The first-order valence-corrected chi connectivity index (χ1v) is 11.4. The van der Waals surface area contributed by atoms with Gasteiger partial charge in [0.1, 0.15) is 17.1 Å². The third kappa shape index (κ3) is 3.64. The fourth-order valence-corrected chi connectivity index (χ4v) is 4.74. The van der Waals surface area contributed by atoms with Crippen LogP contribution in [0.3, 0.4) is 0 Å². The number of nitrogens with zero attached hydrogens (tertiary/aromatic N) is 3. The van der Waals surface area contributed by atoms with Crippen molar-refractivity contribution in [1.82, 2.24) is 14.5 Å². The van der Waals surface area contributed by atoms with Gasteiger partial charge in [0.25, 0.3) is 0 Å². The Balaban J connectivity index is 0.00000253.